The maximum Gasteiger partial charge on any atom is 0.335 e. The number of hydrogen-bond acceptors (Lipinski definition) is 4. The molecule has 0 fully saturated rings. The van der Waals surface area contributed by atoms with E-state index >= 15 is 0 Å². The zero-order valence-corrected chi connectivity index (χ0v) is 13.7. The number of para-hydroxylation sites is 1. The van der Waals surface area contributed by atoms with Crippen LogP contribution in [0.25, 0.3) is 0 Å². The van der Waals surface area contributed by atoms with Crippen LogP contribution in [0.3, 0.4) is 0 Å². The van der Waals surface area contributed by atoms with Crippen molar-refractivity contribution in [1.82, 2.24) is 0 Å². The van der Waals surface area contributed by atoms with Gasteiger partial charge in [0, 0.05) is 5.56 Å². The number of unbranched alkanes of at least 4 members (excludes halogenated alkanes) is 2. The molecule has 0 bridgehead atoms. The number of carboxylic acid groups (broad SMARTS) is 1. The van der Waals surface area contributed by atoms with Crippen molar-refractivity contribution in [3.05, 3.63) is 59.7 Å². The third kappa shape index (κ3) is 5.43. The second-order valence-corrected chi connectivity index (χ2v) is 5.35. The number of carboxylic acids is 1. The van der Waals surface area contributed by atoms with E-state index in [0.29, 0.717) is 12.3 Å². The van der Waals surface area contributed by atoms with Crippen molar-refractivity contribution in [2.24, 2.45) is 5.10 Å². The highest BCUT2D eigenvalue weighted by molar-refractivity contribution is 5.89. The molecule has 0 aliphatic heterocycles. The van der Waals surface area contributed by atoms with E-state index in [1.54, 1.807) is 18.3 Å². The van der Waals surface area contributed by atoms with Gasteiger partial charge in [-0.1, -0.05) is 38.0 Å². The minimum atomic E-state index is -0.964. The maximum atomic E-state index is 11.0. The first-order chi connectivity index (χ1) is 11.7. The quantitative estimate of drug-likeness (QED) is 0.407. The van der Waals surface area contributed by atoms with Gasteiger partial charge in [-0.2, -0.15) is 5.10 Å². The number of benzene rings is 2. The van der Waals surface area contributed by atoms with Crippen LogP contribution in [0, 0.1) is 0 Å². The predicted octanol–water partition coefficient (Wildman–Crippen LogP) is 4.40. The molecule has 0 saturated carbocycles. The molecular weight excluding hydrogens is 304 g/mol. The number of rotatable bonds is 9. The van der Waals surface area contributed by atoms with E-state index in [0.717, 1.165) is 30.6 Å². The van der Waals surface area contributed by atoms with Gasteiger partial charge in [0.15, 0.2) is 0 Å². The van der Waals surface area contributed by atoms with Gasteiger partial charge in [0.05, 0.1) is 24.1 Å². The third-order valence-corrected chi connectivity index (χ3v) is 3.43. The Balaban J connectivity index is 1.99. The summed E-state index contributed by atoms with van der Waals surface area (Å²) in [5.41, 5.74) is 4.55. The molecule has 24 heavy (non-hydrogen) atoms. The Bertz CT molecular complexity index is 699. The summed E-state index contributed by atoms with van der Waals surface area (Å²) < 4.78 is 5.80. The third-order valence-electron chi connectivity index (χ3n) is 3.43. The molecule has 126 valence electrons. The summed E-state index contributed by atoms with van der Waals surface area (Å²) >= 11 is 0. The summed E-state index contributed by atoms with van der Waals surface area (Å²) in [6, 6.07) is 14.2. The molecule has 0 radical (unpaired) electrons. The minimum Gasteiger partial charge on any atom is -0.493 e. The molecule has 2 rings (SSSR count). The smallest absolute Gasteiger partial charge is 0.335 e. The van der Waals surface area contributed by atoms with Crippen molar-refractivity contribution in [2.45, 2.75) is 26.2 Å². The van der Waals surface area contributed by atoms with Crippen LogP contribution < -0.4 is 10.2 Å². The van der Waals surface area contributed by atoms with Gasteiger partial charge in [-0.05, 0) is 36.8 Å². The first-order valence-electron chi connectivity index (χ1n) is 8.05. The van der Waals surface area contributed by atoms with Gasteiger partial charge in [-0.3, -0.25) is 5.43 Å². The fourth-order valence-corrected chi connectivity index (χ4v) is 2.15. The molecule has 0 saturated heterocycles. The molecule has 2 aromatic rings. The number of hydrogen-bond donors (Lipinski definition) is 2. The van der Waals surface area contributed by atoms with Crippen molar-refractivity contribution >= 4 is 17.9 Å². The molecule has 5 heteroatoms. The van der Waals surface area contributed by atoms with E-state index in [2.05, 4.69) is 17.5 Å². The normalized spacial score (nSPS) is 10.7. The van der Waals surface area contributed by atoms with E-state index in [1.165, 1.54) is 12.1 Å². The highest BCUT2D eigenvalue weighted by atomic mass is 16.5. The molecule has 0 aliphatic carbocycles. The van der Waals surface area contributed by atoms with Crippen molar-refractivity contribution < 1.29 is 14.6 Å². The van der Waals surface area contributed by atoms with E-state index in [9.17, 15) is 4.79 Å². The molecule has 0 aliphatic rings. The number of hydrazone groups is 1. The summed E-state index contributed by atoms with van der Waals surface area (Å²) in [7, 11) is 0. The van der Waals surface area contributed by atoms with E-state index in [4.69, 9.17) is 9.84 Å². The van der Waals surface area contributed by atoms with Crippen LogP contribution in [0.2, 0.25) is 0 Å². The molecule has 0 heterocycles. The lowest BCUT2D eigenvalue weighted by Gasteiger charge is -2.08. The standard InChI is InChI=1S/C19H22N2O3/c1-2-3-6-12-24-18-11-5-4-8-16(18)14-20-21-17-10-7-9-15(13-17)19(22)23/h4-5,7-11,13-14,21H,2-3,6,12H2,1H3,(H,22,23). The average molecular weight is 326 g/mol. The number of carbonyl (C=O) groups is 1. The number of nitrogens with zero attached hydrogens (tertiary/aromatic N) is 1. The van der Waals surface area contributed by atoms with Crippen molar-refractivity contribution in [3.63, 3.8) is 0 Å². The van der Waals surface area contributed by atoms with Crippen molar-refractivity contribution in [3.8, 4) is 5.75 Å². The van der Waals surface area contributed by atoms with Gasteiger partial charge in [0.25, 0.3) is 0 Å². The van der Waals surface area contributed by atoms with E-state index in [-0.39, 0.29) is 5.56 Å². The van der Waals surface area contributed by atoms with Crippen LogP contribution in [0.4, 0.5) is 5.69 Å². The molecule has 0 amide bonds. The number of ether oxygens (including phenoxy) is 1. The Morgan fingerprint density at radius 1 is 1.21 bits per heavy atom. The molecule has 0 atom stereocenters. The molecular formula is C19H22N2O3. The Hall–Kier alpha value is -2.82. The summed E-state index contributed by atoms with van der Waals surface area (Å²) in [6.07, 6.45) is 5.01. The van der Waals surface area contributed by atoms with Crippen LogP contribution in [0.5, 0.6) is 5.75 Å². The largest absolute Gasteiger partial charge is 0.493 e. The van der Waals surface area contributed by atoms with Gasteiger partial charge in [0.2, 0.25) is 0 Å². The van der Waals surface area contributed by atoms with Gasteiger partial charge in [-0.25, -0.2) is 4.79 Å². The summed E-state index contributed by atoms with van der Waals surface area (Å²) in [4.78, 5) is 11.0. The van der Waals surface area contributed by atoms with Gasteiger partial charge in [-0.15, -0.1) is 0 Å². The monoisotopic (exact) mass is 326 g/mol. The Kier molecular flexibility index (Phi) is 6.83. The summed E-state index contributed by atoms with van der Waals surface area (Å²) in [5.74, 6) is -0.174. The van der Waals surface area contributed by atoms with Gasteiger partial charge >= 0.3 is 5.97 Å². The summed E-state index contributed by atoms with van der Waals surface area (Å²) in [6.45, 7) is 2.85. The van der Waals surface area contributed by atoms with E-state index < -0.39 is 5.97 Å². The fraction of sp³-hybridized carbons (Fsp3) is 0.263. The highest BCUT2D eigenvalue weighted by Crippen LogP contribution is 2.17. The zero-order chi connectivity index (χ0) is 17.2. The minimum absolute atomic E-state index is 0.217. The molecule has 0 spiro atoms. The van der Waals surface area contributed by atoms with Gasteiger partial charge in [0.1, 0.15) is 5.75 Å². The maximum absolute atomic E-state index is 11.0. The Labute approximate surface area is 142 Å². The molecule has 2 aromatic carbocycles. The topological polar surface area (TPSA) is 70.9 Å². The Morgan fingerprint density at radius 2 is 2.04 bits per heavy atom. The van der Waals surface area contributed by atoms with Crippen LogP contribution in [0.15, 0.2) is 53.6 Å². The number of aromatic carboxylic acids is 1. The van der Waals surface area contributed by atoms with Crippen LogP contribution in [-0.4, -0.2) is 23.9 Å². The van der Waals surface area contributed by atoms with Gasteiger partial charge < -0.3 is 9.84 Å². The van der Waals surface area contributed by atoms with Crippen LogP contribution in [0.1, 0.15) is 42.1 Å². The lowest BCUT2D eigenvalue weighted by Crippen LogP contribution is -2.01. The van der Waals surface area contributed by atoms with Crippen molar-refractivity contribution in [2.75, 3.05) is 12.0 Å². The lowest BCUT2D eigenvalue weighted by molar-refractivity contribution is 0.0697. The number of nitrogens with one attached hydrogen (secondary N) is 1. The summed E-state index contributed by atoms with van der Waals surface area (Å²) in [5, 5.41) is 13.2. The molecule has 0 aromatic heterocycles. The second kappa shape index (κ2) is 9.35. The van der Waals surface area contributed by atoms with Crippen molar-refractivity contribution in [1.29, 1.82) is 0 Å². The molecule has 2 N–H and O–H groups in total. The number of anilines is 1. The lowest BCUT2D eigenvalue weighted by atomic mass is 10.2. The SMILES string of the molecule is CCCCCOc1ccccc1C=NNc1cccc(C(=O)O)c1. The molecule has 5 nitrogen and oxygen atoms in total. The van der Waals surface area contributed by atoms with E-state index in [1.807, 2.05) is 24.3 Å². The predicted molar refractivity (Wildman–Crippen MR) is 96.1 cm³/mol. The average Bonchev–Trinajstić information content (AvgIpc) is 2.60. The highest BCUT2D eigenvalue weighted by Gasteiger charge is 2.03. The zero-order valence-electron chi connectivity index (χ0n) is 13.7. The van der Waals surface area contributed by atoms with Crippen LogP contribution in [-0.2, 0) is 0 Å². The first kappa shape index (κ1) is 17.5. The van der Waals surface area contributed by atoms with Crippen LogP contribution >= 0.6 is 0 Å². The first-order valence-corrected chi connectivity index (χ1v) is 8.05. The Morgan fingerprint density at radius 3 is 2.83 bits per heavy atom. The molecule has 0 unspecified atom stereocenters. The fourth-order valence-electron chi connectivity index (χ4n) is 2.15. The second-order valence-electron chi connectivity index (χ2n) is 5.35.